The molecule has 0 aliphatic rings. The number of nitrogens with zero attached hydrogens (tertiary/aromatic N) is 1. The molecule has 0 heterocycles. The van der Waals surface area contributed by atoms with Gasteiger partial charge in [-0.3, -0.25) is 9.59 Å². The van der Waals surface area contributed by atoms with Gasteiger partial charge in [-0.1, -0.05) is 194 Å². The van der Waals surface area contributed by atoms with E-state index >= 15 is 0 Å². The second-order valence-corrected chi connectivity index (χ2v) is 17.5. The minimum Gasteiger partial charge on any atom is -0.477 e. The van der Waals surface area contributed by atoms with Gasteiger partial charge >= 0.3 is 17.9 Å². The summed E-state index contributed by atoms with van der Waals surface area (Å²) in [6, 6.07) is -0.627. The summed E-state index contributed by atoms with van der Waals surface area (Å²) in [5, 5.41) is 9.65. The smallest absolute Gasteiger partial charge is 0.362 e. The van der Waals surface area contributed by atoms with Gasteiger partial charge in [0, 0.05) is 19.3 Å². The standard InChI is InChI=1S/C56H91NO7/c1-6-8-10-12-14-16-18-20-22-24-26-27-28-29-31-33-35-37-39-41-43-45-47-55(59)64-52(50-62-49-48-53(56(60)61)57(3,4)5)51-63-54(58)46-44-42-40-38-36-34-32-30-25-23-21-19-17-15-13-11-9-7-2/h8,10-11,13-17,19-23,25-27,30,32,52-53H,6-7,9,12,18,24,28-29,31,33-51H2,1-5H3/p+1/b10-8+,13-11+,16-14+,17-15+,21-19+,22-20+,25-23+,27-26+,32-30+. The summed E-state index contributed by atoms with van der Waals surface area (Å²) in [7, 11) is 5.51. The number of ether oxygens (including phenoxy) is 3. The number of carboxylic acid groups (broad SMARTS) is 1. The summed E-state index contributed by atoms with van der Waals surface area (Å²) in [5.41, 5.74) is 0. The average molecular weight is 891 g/mol. The Labute approximate surface area is 391 Å². The molecular formula is C56H92NO7+. The van der Waals surface area contributed by atoms with Crippen LogP contribution in [0.5, 0.6) is 0 Å². The molecule has 0 rings (SSSR count). The predicted molar refractivity (Wildman–Crippen MR) is 270 cm³/mol. The molecule has 0 saturated carbocycles. The Morgan fingerprint density at radius 1 is 0.500 bits per heavy atom. The Bertz CT molecular complexity index is 1410. The van der Waals surface area contributed by atoms with E-state index in [2.05, 4.69) is 86.8 Å². The number of unbranched alkanes of at least 4 members (excludes halogenated alkanes) is 15. The number of allylic oxidation sites excluding steroid dienone is 18. The highest BCUT2D eigenvalue weighted by molar-refractivity contribution is 5.72. The van der Waals surface area contributed by atoms with E-state index in [0.29, 0.717) is 19.3 Å². The third-order valence-corrected chi connectivity index (χ3v) is 10.5. The van der Waals surface area contributed by atoms with Crippen LogP contribution in [-0.4, -0.2) is 80.6 Å². The van der Waals surface area contributed by atoms with Gasteiger partial charge in [-0.05, 0) is 70.6 Å². The van der Waals surface area contributed by atoms with Crippen molar-refractivity contribution in [3.8, 4) is 0 Å². The molecule has 0 aromatic heterocycles. The first kappa shape index (κ1) is 60.0. The lowest BCUT2D eigenvalue weighted by atomic mass is 10.1. The summed E-state index contributed by atoms with van der Waals surface area (Å²) in [6.45, 7) is 4.49. The molecule has 2 unspecified atom stereocenters. The maximum absolute atomic E-state index is 12.8. The molecule has 64 heavy (non-hydrogen) atoms. The van der Waals surface area contributed by atoms with E-state index in [1.54, 1.807) is 0 Å². The Kier molecular flexibility index (Phi) is 42.7. The largest absolute Gasteiger partial charge is 0.477 e. The van der Waals surface area contributed by atoms with Crippen LogP contribution >= 0.6 is 0 Å². The number of hydrogen-bond donors (Lipinski definition) is 1. The highest BCUT2D eigenvalue weighted by atomic mass is 16.6. The van der Waals surface area contributed by atoms with Crippen LogP contribution in [0.1, 0.15) is 174 Å². The lowest BCUT2D eigenvalue weighted by Crippen LogP contribution is -2.50. The minimum absolute atomic E-state index is 0.0429. The van der Waals surface area contributed by atoms with Gasteiger partial charge < -0.3 is 23.8 Å². The predicted octanol–water partition coefficient (Wildman–Crippen LogP) is 14.4. The van der Waals surface area contributed by atoms with Crippen LogP contribution in [0.25, 0.3) is 0 Å². The number of hydrogen-bond acceptors (Lipinski definition) is 6. The molecule has 8 nitrogen and oxygen atoms in total. The number of likely N-dealkylation sites (N-methyl/N-ethyl adjacent to an activating group) is 1. The van der Waals surface area contributed by atoms with Crippen molar-refractivity contribution in [1.82, 2.24) is 0 Å². The van der Waals surface area contributed by atoms with Gasteiger partial charge in [0.15, 0.2) is 12.1 Å². The Morgan fingerprint density at radius 2 is 0.938 bits per heavy atom. The average Bonchev–Trinajstić information content (AvgIpc) is 3.26. The van der Waals surface area contributed by atoms with Crippen LogP contribution in [0, 0.1) is 0 Å². The van der Waals surface area contributed by atoms with Crippen LogP contribution in [0.4, 0.5) is 0 Å². The number of carbonyl (C=O) groups excluding carboxylic acids is 2. The van der Waals surface area contributed by atoms with E-state index in [1.807, 2.05) is 57.6 Å². The first-order chi connectivity index (χ1) is 31.1. The van der Waals surface area contributed by atoms with Crippen molar-refractivity contribution in [3.05, 3.63) is 109 Å². The van der Waals surface area contributed by atoms with Crippen molar-refractivity contribution in [2.24, 2.45) is 0 Å². The van der Waals surface area contributed by atoms with E-state index in [-0.39, 0.29) is 36.2 Å². The van der Waals surface area contributed by atoms with Crippen LogP contribution in [0.15, 0.2) is 109 Å². The fourth-order valence-electron chi connectivity index (χ4n) is 6.70. The van der Waals surface area contributed by atoms with Gasteiger partial charge in [-0.15, -0.1) is 0 Å². The van der Waals surface area contributed by atoms with Crippen molar-refractivity contribution in [1.29, 1.82) is 0 Å². The normalized spacial score (nSPS) is 13.8. The molecule has 362 valence electrons. The monoisotopic (exact) mass is 891 g/mol. The number of rotatable bonds is 43. The molecule has 0 spiro atoms. The van der Waals surface area contributed by atoms with E-state index in [9.17, 15) is 19.5 Å². The summed E-state index contributed by atoms with van der Waals surface area (Å²) >= 11 is 0. The zero-order chi connectivity index (χ0) is 47.0. The lowest BCUT2D eigenvalue weighted by molar-refractivity contribution is -0.887. The summed E-state index contributed by atoms with van der Waals surface area (Å²) in [4.78, 5) is 37.2. The minimum atomic E-state index is -0.884. The van der Waals surface area contributed by atoms with Crippen LogP contribution in [-0.2, 0) is 28.6 Å². The third-order valence-electron chi connectivity index (χ3n) is 10.5. The number of esters is 2. The van der Waals surface area contributed by atoms with Crippen molar-refractivity contribution in [2.75, 3.05) is 41.0 Å². The molecule has 0 aromatic rings. The highest BCUT2D eigenvalue weighted by Crippen LogP contribution is 2.14. The summed E-state index contributed by atoms with van der Waals surface area (Å²) < 4.78 is 17.3. The Hall–Kier alpha value is -4.01. The molecule has 8 heteroatoms. The van der Waals surface area contributed by atoms with Gasteiger partial charge in [0.25, 0.3) is 0 Å². The Balaban J connectivity index is 4.34. The van der Waals surface area contributed by atoms with Crippen LogP contribution in [0.3, 0.4) is 0 Å². The molecule has 0 radical (unpaired) electrons. The van der Waals surface area contributed by atoms with Crippen molar-refractivity contribution < 1.29 is 38.2 Å². The first-order valence-electron chi connectivity index (χ1n) is 25.0. The molecular weight excluding hydrogens is 799 g/mol. The molecule has 2 atom stereocenters. The molecule has 0 aromatic carbocycles. The van der Waals surface area contributed by atoms with Crippen molar-refractivity contribution in [2.45, 2.75) is 187 Å². The fourth-order valence-corrected chi connectivity index (χ4v) is 6.70. The van der Waals surface area contributed by atoms with Gasteiger partial charge in [0.1, 0.15) is 6.61 Å². The molecule has 0 aliphatic heterocycles. The third kappa shape index (κ3) is 43.3. The zero-order valence-corrected chi connectivity index (χ0v) is 41.2. The Morgan fingerprint density at radius 3 is 1.44 bits per heavy atom. The number of carbonyl (C=O) groups is 3. The van der Waals surface area contributed by atoms with E-state index in [0.717, 1.165) is 96.3 Å². The summed E-state index contributed by atoms with van der Waals surface area (Å²) in [6.07, 6.45) is 62.7. The molecule has 1 N–H and O–H groups in total. The SMILES string of the molecule is CC/C=C/C/C=C/C/C=C/C/C=C/CCCCCCCCCCCC(=O)OC(COCCC(C(=O)O)[N+](C)(C)C)COC(=O)CCCCCCC/C=C/C=C/C=C/C=C/C=C/CCC. The van der Waals surface area contributed by atoms with E-state index < -0.39 is 18.1 Å². The molecule has 0 saturated heterocycles. The van der Waals surface area contributed by atoms with Gasteiger partial charge in [0.2, 0.25) is 0 Å². The van der Waals surface area contributed by atoms with Gasteiger partial charge in [-0.25, -0.2) is 4.79 Å². The van der Waals surface area contributed by atoms with Crippen LogP contribution < -0.4 is 0 Å². The van der Waals surface area contributed by atoms with E-state index in [4.69, 9.17) is 14.2 Å². The van der Waals surface area contributed by atoms with Gasteiger partial charge in [-0.2, -0.15) is 0 Å². The number of aliphatic carboxylic acids is 1. The molecule has 0 fully saturated rings. The van der Waals surface area contributed by atoms with Gasteiger partial charge in [0.05, 0.1) is 34.4 Å². The quantitative estimate of drug-likeness (QED) is 0.0214. The molecule has 0 amide bonds. The topological polar surface area (TPSA) is 99.1 Å². The van der Waals surface area contributed by atoms with Crippen molar-refractivity contribution in [3.63, 3.8) is 0 Å². The van der Waals surface area contributed by atoms with E-state index in [1.165, 1.54) is 44.9 Å². The fraction of sp³-hybridized carbons (Fsp3) is 0.625. The van der Waals surface area contributed by atoms with Crippen LogP contribution in [0.2, 0.25) is 0 Å². The second-order valence-electron chi connectivity index (χ2n) is 17.5. The molecule has 0 aliphatic carbocycles. The maximum atomic E-state index is 12.8. The van der Waals surface area contributed by atoms with Crippen molar-refractivity contribution >= 4 is 17.9 Å². The second kappa shape index (κ2) is 45.6. The first-order valence-corrected chi connectivity index (χ1v) is 25.0. The zero-order valence-electron chi connectivity index (χ0n) is 41.2. The molecule has 0 bridgehead atoms. The lowest BCUT2D eigenvalue weighted by Gasteiger charge is -2.31. The summed E-state index contributed by atoms with van der Waals surface area (Å²) in [5.74, 6) is -1.52. The highest BCUT2D eigenvalue weighted by Gasteiger charge is 2.31. The maximum Gasteiger partial charge on any atom is 0.362 e. The number of quaternary nitrogens is 1. The number of carboxylic acids is 1.